The number of methoxy groups -OCH3 is 1. The van der Waals surface area contributed by atoms with Crippen LogP contribution in [0.3, 0.4) is 0 Å². The Balaban J connectivity index is 3.40. The average Bonchev–Trinajstić information content (AvgIpc) is 2.85. The highest BCUT2D eigenvalue weighted by Gasteiger charge is 2.44. The number of hydrogen-bond acceptors (Lipinski definition) is 11. The van der Waals surface area contributed by atoms with Crippen LogP contribution in [-0.2, 0) is 30.2 Å². The Hall–Kier alpha value is -3.54. The maximum absolute atomic E-state index is 12.5. The molecule has 1 aromatic rings. The summed E-state index contributed by atoms with van der Waals surface area (Å²) in [4.78, 5) is 49.1. The van der Waals surface area contributed by atoms with Gasteiger partial charge in [0.15, 0.2) is 11.5 Å². The summed E-state index contributed by atoms with van der Waals surface area (Å²) in [6, 6.07) is 3.68. The second kappa shape index (κ2) is 16.4. The lowest BCUT2D eigenvalue weighted by Gasteiger charge is -2.32. The van der Waals surface area contributed by atoms with E-state index in [1.807, 2.05) is 20.8 Å². The van der Waals surface area contributed by atoms with Gasteiger partial charge in [-0.15, -0.1) is 0 Å². The molecule has 0 spiro atoms. The molecule has 0 radical (unpaired) electrons. The molecule has 4 atom stereocenters. The van der Waals surface area contributed by atoms with E-state index in [-0.39, 0.29) is 23.1 Å². The normalized spacial score (nSPS) is 14.6. The van der Waals surface area contributed by atoms with Crippen LogP contribution in [0.2, 0.25) is 0 Å². The highest BCUT2D eigenvalue weighted by Crippen LogP contribution is 2.32. The van der Waals surface area contributed by atoms with Gasteiger partial charge in [-0.1, -0.05) is 39.7 Å². The zero-order valence-corrected chi connectivity index (χ0v) is 23.7. The van der Waals surface area contributed by atoms with Crippen molar-refractivity contribution in [2.24, 2.45) is 0 Å². The zero-order chi connectivity index (χ0) is 29.6. The van der Waals surface area contributed by atoms with Crippen molar-refractivity contribution in [3.63, 3.8) is 0 Å². The van der Waals surface area contributed by atoms with Crippen LogP contribution in [0.1, 0.15) is 79.2 Å². The Morgan fingerprint density at radius 2 is 1.41 bits per heavy atom. The van der Waals surface area contributed by atoms with E-state index < -0.39 is 48.8 Å². The molecule has 0 aliphatic carbocycles. The third-order valence-electron chi connectivity index (χ3n) is 5.69. The van der Waals surface area contributed by atoms with Gasteiger partial charge in [0.05, 0.1) is 7.11 Å². The van der Waals surface area contributed by atoms with Crippen LogP contribution in [0.15, 0.2) is 18.2 Å². The number of carbonyl (C=O) groups is 4. The number of rotatable bonds is 15. The van der Waals surface area contributed by atoms with E-state index in [0.29, 0.717) is 19.3 Å². The highest BCUT2D eigenvalue weighted by molar-refractivity contribution is 5.80. The fourth-order valence-electron chi connectivity index (χ4n) is 3.58. The topological polar surface area (TPSA) is 156 Å². The molecule has 0 bridgehead atoms. The minimum Gasteiger partial charge on any atom is -0.477 e. The smallest absolute Gasteiger partial charge is 0.477 e. The molecule has 0 aromatic heterocycles. The van der Waals surface area contributed by atoms with Gasteiger partial charge in [-0.25, -0.2) is 19.2 Å². The van der Waals surface area contributed by atoms with Gasteiger partial charge in [-0.2, -0.15) is 0 Å². The van der Waals surface area contributed by atoms with Crippen LogP contribution in [-0.4, -0.2) is 60.6 Å². The summed E-state index contributed by atoms with van der Waals surface area (Å²) in [7, 11) is 1.06. The van der Waals surface area contributed by atoms with E-state index in [4.69, 9.17) is 23.7 Å². The van der Waals surface area contributed by atoms with Gasteiger partial charge in [-0.3, -0.25) is 5.32 Å². The van der Waals surface area contributed by atoms with E-state index in [9.17, 15) is 24.3 Å². The lowest BCUT2D eigenvalue weighted by atomic mass is 10.00. The summed E-state index contributed by atoms with van der Waals surface area (Å²) in [5, 5.41) is 12.9. The number of benzene rings is 1. The van der Waals surface area contributed by atoms with Gasteiger partial charge < -0.3 is 33.5 Å². The first-order valence-electron chi connectivity index (χ1n) is 13.1. The Morgan fingerprint density at radius 3 is 1.87 bits per heavy atom. The van der Waals surface area contributed by atoms with Crippen molar-refractivity contribution in [2.75, 3.05) is 7.11 Å². The number of aliphatic carboxylic acids is 1. The van der Waals surface area contributed by atoms with E-state index >= 15 is 0 Å². The van der Waals surface area contributed by atoms with E-state index in [0.717, 1.165) is 20.0 Å². The molecule has 39 heavy (non-hydrogen) atoms. The summed E-state index contributed by atoms with van der Waals surface area (Å²) in [6.45, 7) is 10.9. The Kier molecular flexibility index (Phi) is 14.1. The average molecular weight is 556 g/mol. The van der Waals surface area contributed by atoms with Crippen molar-refractivity contribution in [1.82, 2.24) is 5.32 Å². The number of nitrogens with one attached hydrogen (secondary N) is 1. The first-order valence-corrected chi connectivity index (χ1v) is 13.1. The summed E-state index contributed by atoms with van der Waals surface area (Å²) < 4.78 is 30.8. The van der Waals surface area contributed by atoms with Crippen molar-refractivity contribution in [1.29, 1.82) is 0 Å². The molecule has 0 aliphatic heterocycles. The maximum Gasteiger partial charge on any atom is 0.514 e. The fourth-order valence-corrected chi connectivity index (χ4v) is 3.58. The van der Waals surface area contributed by atoms with Gasteiger partial charge >= 0.3 is 24.4 Å². The second-order valence-electron chi connectivity index (χ2n) is 9.24. The van der Waals surface area contributed by atoms with Gasteiger partial charge in [-0.05, 0) is 57.7 Å². The molecule has 0 saturated carbocycles. The van der Waals surface area contributed by atoms with Crippen LogP contribution < -0.4 is 14.8 Å². The summed E-state index contributed by atoms with van der Waals surface area (Å²) in [5.41, 5.74) is -1.95. The minimum atomic E-state index is -2.22. The first-order chi connectivity index (χ1) is 18.4. The van der Waals surface area contributed by atoms with Crippen LogP contribution in [0, 0.1) is 0 Å². The SMILES string of the molecule is CCCC(C)OC(=O)Oc1ccc(C[C@](NC(C)CC)(OC(=O)OC)C(=O)O)cc1OC(=O)OC(C)CCC. The van der Waals surface area contributed by atoms with E-state index in [1.165, 1.54) is 18.2 Å². The molecule has 12 heteroatoms. The number of carboxylic acids is 1. The van der Waals surface area contributed by atoms with Crippen LogP contribution >= 0.6 is 0 Å². The molecule has 0 aliphatic rings. The predicted molar refractivity (Wildman–Crippen MR) is 140 cm³/mol. The third kappa shape index (κ3) is 11.4. The van der Waals surface area contributed by atoms with Crippen LogP contribution in [0.25, 0.3) is 0 Å². The molecule has 1 rings (SSSR count). The second-order valence-corrected chi connectivity index (χ2v) is 9.24. The molecule has 12 nitrogen and oxygen atoms in total. The molecule has 3 unspecified atom stereocenters. The lowest BCUT2D eigenvalue weighted by Crippen LogP contribution is -2.59. The first kappa shape index (κ1) is 33.5. The Labute approximate surface area is 229 Å². The molecular weight excluding hydrogens is 514 g/mol. The van der Waals surface area contributed by atoms with Crippen LogP contribution in [0.5, 0.6) is 11.5 Å². The number of ether oxygens (including phenoxy) is 6. The summed E-state index contributed by atoms with van der Waals surface area (Å²) in [6.07, 6.45) is -1.14. The number of carbonyl (C=O) groups excluding carboxylic acids is 3. The maximum atomic E-state index is 12.5. The van der Waals surface area contributed by atoms with E-state index in [1.54, 1.807) is 20.8 Å². The molecule has 0 heterocycles. The van der Waals surface area contributed by atoms with Crippen molar-refractivity contribution in [3.05, 3.63) is 23.8 Å². The molecule has 2 N–H and O–H groups in total. The number of carboxylic acid groups (broad SMARTS) is 1. The standard InChI is InChI=1S/C27H41NO11/c1-8-11-18(5)35-25(32)37-21-14-13-20(15-22(21)38-26(33)36-19(6)12-9-2)16-27(23(29)30,28-17(4)10-3)39-24(31)34-7/h13-15,17-19,28H,8-12,16H2,1-7H3,(H,29,30)/t17?,18?,19?,27-/m0/s1. The van der Waals surface area contributed by atoms with Crippen molar-refractivity contribution in [2.45, 2.75) is 104 Å². The minimum absolute atomic E-state index is 0.155. The fraction of sp³-hybridized carbons (Fsp3) is 0.630. The molecule has 1 aromatic carbocycles. The van der Waals surface area contributed by atoms with Crippen molar-refractivity contribution < 1.29 is 52.7 Å². The molecule has 0 amide bonds. The molecular formula is C27H41NO11. The largest absolute Gasteiger partial charge is 0.514 e. The highest BCUT2D eigenvalue weighted by atomic mass is 16.8. The molecule has 220 valence electrons. The number of hydrogen-bond donors (Lipinski definition) is 2. The van der Waals surface area contributed by atoms with Crippen molar-refractivity contribution >= 4 is 24.4 Å². The Morgan fingerprint density at radius 1 is 0.872 bits per heavy atom. The van der Waals surface area contributed by atoms with Gasteiger partial charge in [0.1, 0.15) is 12.2 Å². The van der Waals surface area contributed by atoms with Crippen molar-refractivity contribution in [3.8, 4) is 11.5 Å². The van der Waals surface area contributed by atoms with E-state index in [2.05, 4.69) is 10.1 Å². The molecule has 0 fully saturated rings. The molecule has 0 saturated heterocycles. The summed E-state index contributed by atoms with van der Waals surface area (Å²) in [5.74, 6) is -1.85. The Bertz CT molecular complexity index is 967. The van der Waals surface area contributed by atoms with Crippen LogP contribution in [0.4, 0.5) is 14.4 Å². The predicted octanol–water partition coefficient (Wildman–Crippen LogP) is 5.59. The monoisotopic (exact) mass is 555 g/mol. The third-order valence-corrected chi connectivity index (χ3v) is 5.69. The van der Waals surface area contributed by atoms with Gasteiger partial charge in [0.2, 0.25) is 0 Å². The lowest BCUT2D eigenvalue weighted by molar-refractivity contribution is -0.166. The van der Waals surface area contributed by atoms with Gasteiger partial charge in [0.25, 0.3) is 5.72 Å². The summed E-state index contributed by atoms with van der Waals surface area (Å²) >= 11 is 0. The quantitative estimate of drug-likeness (QED) is 0.120. The zero-order valence-electron chi connectivity index (χ0n) is 23.7. The van der Waals surface area contributed by atoms with Gasteiger partial charge in [0, 0.05) is 12.5 Å².